The number of hydrogen-bond acceptors (Lipinski definition) is 2. The van der Waals surface area contributed by atoms with E-state index in [-0.39, 0.29) is 16.2 Å². The number of nitrogens with zero attached hydrogens (tertiary/aromatic N) is 1. The first kappa shape index (κ1) is 41.0. The van der Waals surface area contributed by atoms with Gasteiger partial charge in [-0.25, -0.2) is 0 Å². The van der Waals surface area contributed by atoms with Crippen LogP contribution in [-0.2, 0) is 16.2 Å². The fourth-order valence-electron chi connectivity index (χ4n) is 10.5. The Hall–Kier alpha value is -6.74. The van der Waals surface area contributed by atoms with Crippen molar-refractivity contribution < 1.29 is 0 Å². The Balaban J connectivity index is 1.19. The highest BCUT2D eigenvalue weighted by Gasteiger charge is 2.36. The summed E-state index contributed by atoms with van der Waals surface area (Å²) >= 11 is 1.88. The summed E-state index contributed by atoms with van der Waals surface area (Å²) in [5, 5.41) is 5.11. The lowest BCUT2D eigenvalue weighted by atomic mass is 9.78. The van der Waals surface area contributed by atoms with E-state index in [2.05, 4.69) is 248 Å². The Morgan fingerprint density at radius 1 is 0.400 bits per heavy atom. The fourth-order valence-corrected chi connectivity index (χ4v) is 11.6. The van der Waals surface area contributed by atoms with Crippen molar-refractivity contribution in [2.24, 2.45) is 0 Å². The van der Waals surface area contributed by atoms with Gasteiger partial charge >= 0.3 is 0 Å². The van der Waals surface area contributed by atoms with E-state index in [9.17, 15) is 0 Å². The summed E-state index contributed by atoms with van der Waals surface area (Å²) in [6, 6.07) is 71.0. The molecule has 0 N–H and O–H groups in total. The molecule has 1 heterocycles. The molecule has 2 heteroatoms. The molecular formula is C63H55NS. The van der Waals surface area contributed by atoms with Crippen molar-refractivity contribution in [3.63, 3.8) is 0 Å². The Kier molecular flexibility index (Phi) is 9.58. The standard InChI is InChI=1S/C63H55NS/c1-61(2,3)42-36-41(37-43(38-42)62(4,5)6)45-26-17-20-40-21-18-27-50(59(40)45)48-23-10-14-30-55(48)64(44-34-35-47-46-22-9-13-29-53(46)63(7,8)54(47)39-44)56-31-15-11-24-49(56)51-28-19-33-58-60(51)52-25-12-16-32-57(52)65-58/h9-39H,1-8H3. The summed E-state index contributed by atoms with van der Waals surface area (Å²) in [5.41, 5.74) is 18.7. The number of hydrogen-bond donors (Lipinski definition) is 0. The number of fused-ring (bicyclic) bond motifs is 7. The van der Waals surface area contributed by atoms with Crippen LogP contribution in [0.3, 0.4) is 0 Å². The quantitative estimate of drug-likeness (QED) is 0.161. The highest BCUT2D eigenvalue weighted by molar-refractivity contribution is 7.25. The topological polar surface area (TPSA) is 3.24 Å². The maximum Gasteiger partial charge on any atom is 0.0540 e. The van der Waals surface area contributed by atoms with E-state index in [1.165, 1.54) is 97.7 Å². The van der Waals surface area contributed by atoms with Crippen LogP contribution in [0.1, 0.15) is 77.6 Å². The lowest BCUT2D eigenvalue weighted by Crippen LogP contribution is -2.17. The third kappa shape index (κ3) is 6.81. The van der Waals surface area contributed by atoms with E-state index < -0.39 is 0 Å². The molecule has 0 bridgehead atoms. The SMILES string of the molecule is CC(C)(C)c1cc(-c2cccc3cccc(-c4ccccc4N(c4ccc5c(c4)C(C)(C)c4ccccc4-5)c4ccccc4-c4cccc5sc6ccccc6c45)c23)cc(C(C)(C)C)c1. The van der Waals surface area contributed by atoms with E-state index in [0.717, 1.165) is 17.1 Å². The van der Waals surface area contributed by atoms with E-state index in [4.69, 9.17) is 0 Å². The smallest absolute Gasteiger partial charge is 0.0540 e. The van der Waals surface area contributed by atoms with Crippen molar-refractivity contribution in [1.82, 2.24) is 0 Å². The molecule has 11 rings (SSSR count). The molecule has 0 radical (unpaired) electrons. The summed E-state index contributed by atoms with van der Waals surface area (Å²) in [6.45, 7) is 18.7. The summed E-state index contributed by atoms with van der Waals surface area (Å²) < 4.78 is 2.61. The fraction of sp³-hybridized carbons (Fsp3) is 0.175. The molecule has 0 unspecified atom stereocenters. The lowest BCUT2D eigenvalue weighted by molar-refractivity contribution is 0.569. The first-order valence-electron chi connectivity index (χ1n) is 23.1. The van der Waals surface area contributed by atoms with Gasteiger partial charge in [-0.3, -0.25) is 0 Å². The number of rotatable bonds is 6. The van der Waals surface area contributed by atoms with E-state index in [0.29, 0.717) is 0 Å². The van der Waals surface area contributed by atoms with Gasteiger partial charge in [0.15, 0.2) is 0 Å². The molecule has 0 saturated carbocycles. The third-order valence-corrected chi connectivity index (χ3v) is 15.1. The molecule has 1 nitrogen and oxygen atoms in total. The largest absolute Gasteiger partial charge is 0.309 e. The van der Waals surface area contributed by atoms with Gasteiger partial charge < -0.3 is 4.90 Å². The molecule has 1 aliphatic rings. The summed E-state index contributed by atoms with van der Waals surface area (Å²) in [7, 11) is 0. The van der Waals surface area contributed by atoms with Gasteiger partial charge in [0, 0.05) is 42.4 Å². The maximum absolute atomic E-state index is 2.55. The number of para-hydroxylation sites is 2. The Morgan fingerprint density at radius 2 is 0.908 bits per heavy atom. The molecule has 65 heavy (non-hydrogen) atoms. The number of anilines is 3. The van der Waals surface area contributed by atoms with Crippen LogP contribution in [0.5, 0.6) is 0 Å². The normalized spacial score (nSPS) is 13.4. The molecule has 0 amide bonds. The van der Waals surface area contributed by atoms with Crippen molar-refractivity contribution in [3.8, 4) is 44.5 Å². The zero-order chi connectivity index (χ0) is 44.8. The second-order valence-electron chi connectivity index (χ2n) is 20.6. The van der Waals surface area contributed by atoms with Crippen LogP contribution in [0.2, 0.25) is 0 Å². The lowest BCUT2D eigenvalue weighted by Gasteiger charge is -2.32. The van der Waals surface area contributed by atoms with Gasteiger partial charge in [-0.1, -0.05) is 207 Å². The van der Waals surface area contributed by atoms with Gasteiger partial charge in [0.25, 0.3) is 0 Å². The molecule has 318 valence electrons. The minimum Gasteiger partial charge on any atom is -0.309 e. The van der Waals surface area contributed by atoms with Crippen molar-refractivity contribution in [2.75, 3.05) is 4.90 Å². The van der Waals surface area contributed by atoms with Crippen molar-refractivity contribution >= 4 is 59.3 Å². The number of benzene rings is 9. The van der Waals surface area contributed by atoms with Gasteiger partial charge in [0.1, 0.15) is 0 Å². The highest BCUT2D eigenvalue weighted by Crippen LogP contribution is 2.53. The average Bonchev–Trinajstić information content (AvgIpc) is 3.80. The zero-order valence-electron chi connectivity index (χ0n) is 38.8. The Labute approximate surface area is 388 Å². The molecule has 1 aromatic heterocycles. The molecule has 0 fully saturated rings. The second kappa shape index (κ2) is 15.2. The summed E-state index contributed by atoms with van der Waals surface area (Å²) in [6.07, 6.45) is 0. The molecule has 0 aliphatic heterocycles. The molecule has 9 aromatic carbocycles. The minimum absolute atomic E-state index is 0.00461. The first-order chi connectivity index (χ1) is 31.3. The monoisotopic (exact) mass is 857 g/mol. The third-order valence-electron chi connectivity index (χ3n) is 14.0. The highest BCUT2D eigenvalue weighted by atomic mass is 32.1. The zero-order valence-corrected chi connectivity index (χ0v) is 39.6. The average molecular weight is 858 g/mol. The Morgan fingerprint density at radius 3 is 1.57 bits per heavy atom. The minimum atomic E-state index is -0.161. The molecule has 0 atom stereocenters. The van der Waals surface area contributed by atoms with Gasteiger partial charge in [0.2, 0.25) is 0 Å². The summed E-state index contributed by atoms with van der Waals surface area (Å²) in [4.78, 5) is 2.55. The number of thiophene rings is 1. The van der Waals surface area contributed by atoms with E-state index in [1.54, 1.807) is 0 Å². The second-order valence-corrected chi connectivity index (χ2v) is 21.6. The molecule has 0 spiro atoms. The van der Waals surface area contributed by atoms with Crippen LogP contribution in [0.25, 0.3) is 75.5 Å². The van der Waals surface area contributed by atoms with Crippen molar-refractivity contribution in [3.05, 3.63) is 210 Å². The maximum atomic E-state index is 2.55. The van der Waals surface area contributed by atoms with Crippen LogP contribution >= 0.6 is 11.3 Å². The first-order valence-corrected chi connectivity index (χ1v) is 23.9. The molecule has 1 aliphatic carbocycles. The van der Waals surface area contributed by atoms with Gasteiger partial charge in [-0.15, -0.1) is 11.3 Å². The molecule has 0 saturated heterocycles. The van der Waals surface area contributed by atoms with Gasteiger partial charge in [0.05, 0.1) is 11.4 Å². The predicted octanol–water partition coefficient (Wildman–Crippen LogP) is 18.6. The van der Waals surface area contributed by atoms with Gasteiger partial charge in [-0.05, 0) is 114 Å². The molecule has 10 aromatic rings. The predicted molar refractivity (Wildman–Crippen MR) is 283 cm³/mol. The van der Waals surface area contributed by atoms with E-state index in [1.807, 2.05) is 11.3 Å². The molecular weight excluding hydrogens is 803 g/mol. The van der Waals surface area contributed by atoms with Crippen LogP contribution in [0.15, 0.2) is 188 Å². The van der Waals surface area contributed by atoms with Gasteiger partial charge in [-0.2, -0.15) is 0 Å². The Bertz CT molecular complexity index is 3460. The van der Waals surface area contributed by atoms with Crippen LogP contribution in [0, 0.1) is 0 Å². The summed E-state index contributed by atoms with van der Waals surface area (Å²) in [5.74, 6) is 0. The van der Waals surface area contributed by atoms with Crippen molar-refractivity contribution in [1.29, 1.82) is 0 Å². The van der Waals surface area contributed by atoms with E-state index >= 15 is 0 Å². The van der Waals surface area contributed by atoms with Crippen LogP contribution in [-0.4, -0.2) is 0 Å². The van der Waals surface area contributed by atoms with Crippen LogP contribution in [0.4, 0.5) is 17.1 Å². The van der Waals surface area contributed by atoms with Crippen molar-refractivity contribution in [2.45, 2.75) is 71.6 Å². The van der Waals surface area contributed by atoms with Crippen LogP contribution < -0.4 is 4.90 Å².